The number of carbonyl (C=O) groups excluding carboxylic acids is 1. The van der Waals surface area contributed by atoms with Crippen molar-refractivity contribution < 1.29 is 14.3 Å². The van der Waals surface area contributed by atoms with Gasteiger partial charge in [0.25, 0.3) is 0 Å². The van der Waals surface area contributed by atoms with Crippen LogP contribution in [0.1, 0.15) is 26.2 Å². The molecule has 0 aliphatic carbocycles. The van der Waals surface area contributed by atoms with Crippen molar-refractivity contribution in [2.75, 3.05) is 40.4 Å². The van der Waals surface area contributed by atoms with Crippen molar-refractivity contribution >= 4 is 5.97 Å². The normalized spacial score (nSPS) is 19.7. The molecule has 1 aliphatic heterocycles. The molecule has 0 aromatic rings. The zero-order valence-electron chi connectivity index (χ0n) is 11.8. The van der Waals surface area contributed by atoms with Gasteiger partial charge in [0, 0.05) is 26.7 Å². The second-order valence-corrected chi connectivity index (χ2v) is 4.77. The molecule has 18 heavy (non-hydrogen) atoms. The minimum atomic E-state index is -0.214. The molecule has 0 bridgehead atoms. The van der Waals surface area contributed by atoms with Gasteiger partial charge in [-0.2, -0.15) is 0 Å². The van der Waals surface area contributed by atoms with Gasteiger partial charge in [0.15, 0.2) is 0 Å². The minimum Gasteiger partial charge on any atom is -0.468 e. The van der Waals surface area contributed by atoms with Gasteiger partial charge in [-0.05, 0) is 25.8 Å². The van der Waals surface area contributed by atoms with E-state index < -0.39 is 0 Å². The van der Waals surface area contributed by atoms with Gasteiger partial charge in [0.1, 0.15) is 6.04 Å². The number of hydrogen-bond donors (Lipinski definition) is 1. The average Bonchev–Trinajstić information content (AvgIpc) is 2.43. The summed E-state index contributed by atoms with van der Waals surface area (Å²) in [5.41, 5.74) is 0. The summed E-state index contributed by atoms with van der Waals surface area (Å²) in [5.74, 6) is -0.169. The first-order valence-electron chi connectivity index (χ1n) is 6.77. The van der Waals surface area contributed by atoms with E-state index in [9.17, 15) is 4.79 Å². The van der Waals surface area contributed by atoms with E-state index in [1.807, 2.05) is 0 Å². The molecule has 5 heteroatoms. The number of carbonyl (C=O) groups is 1. The number of nitrogens with one attached hydrogen (secondary N) is 1. The Kier molecular flexibility index (Phi) is 7.23. The Morgan fingerprint density at radius 1 is 1.39 bits per heavy atom. The van der Waals surface area contributed by atoms with Crippen molar-refractivity contribution in [2.45, 2.75) is 38.3 Å². The van der Waals surface area contributed by atoms with Crippen LogP contribution in [-0.4, -0.2) is 63.4 Å². The van der Waals surface area contributed by atoms with E-state index in [-0.39, 0.29) is 12.0 Å². The first-order chi connectivity index (χ1) is 8.71. The van der Waals surface area contributed by atoms with E-state index in [0.29, 0.717) is 6.10 Å². The molecule has 1 unspecified atom stereocenters. The fourth-order valence-electron chi connectivity index (χ4n) is 2.27. The highest BCUT2D eigenvalue weighted by Gasteiger charge is 2.25. The van der Waals surface area contributed by atoms with Crippen LogP contribution in [0.5, 0.6) is 0 Å². The molecule has 1 atom stereocenters. The number of piperidine rings is 1. The van der Waals surface area contributed by atoms with E-state index in [4.69, 9.17) is 9.47 Å². The van der Waals surface area contributed by atoms with Gasteiger partial charge >= 0.3 is 5.97 Å². The van der Waals surface area contributed by atoms with Crippen LogP contribution >= 0.6 is 0 Å². The van der Waals surface area contributed by atoms with Crippen molar-refractivity contribution in [1.82, 2.24) is 10.2 Å². The topological polar surface area (TPSA) is 50.8 Å². The van der Waals surface area contributed by atoms with E-state index in [2.05, 4.69) is 17.1 Å². The smallest absolute Gasteiger partial charge is 0.324 e. The zero-order chi connectivity index (χ0) is 13.4. The van der Waals surface area contributed by atoms with Crippen LogP contribution in [0.4, 0.5) is 0 Å². The van der Waals surface area contributed by atoms with Crippen LogP contribution in [0.2, 0.25) is 0 Å². The summed E-state index contributed by atoms with van der Waals surface area (Å²) in [6, 6.07) is -0.214. The minimum absolute atomic E-state index is 0.169. The first-order valence-corrected chi connectivity index (χ1v) is 6.77. The number of nitrogens with zero attached hydrogens (tertiary/aromatic N) is 1. The average molecular weight is 258 g/mol. The Bertz CT molecular complexity index is 240. The molecule has 0 saturated carbocycles. The van der Waals surface area contributed by atoms with Gasteiger partial charge in [-0.15, -0.1) is 0 Å². The maximum atomic E-state index is 11.7. The highest BCUT2D eigenvalue weighted by molar-refractivity contribution is 5.75. The lowest BCUT2D eigenvalue weighted by atomic mass is 10.1. The van der Waals surface area contributed by atoms with Crippen molar-refractivity contribution in [3.8, 4) is 0 Å². The molecule has 1 fully saturated rings. The predicted octanol–water partition coefficient (Wildman–Crippen LogP) is 0.638. The zero-order valence-corrected chi connectivity index (χ0v) is 11.8. The lowest BCUT2D eigenvalue weighted by molar-refractivity contribution is -0.143. The molecule has 1 aliphatic rings. The largest absolute Gasteiger partial charge is 0.468 e. The van der Waals surface area contributed by atoms with Crippen LogP contribution < -0.4 is 5.32 Å². The van der Waals surface area contributed by atoms with Crippen LogP contribution in [0.15, 0.2) is 0 Å². The molecule has 1 N–H and O–H groups in total. The number of methoxy groups -OCH3 is 2. The number of esters is 1. The summed E-state index contributed by atoms with van der Waals surface area (Å²) >= 11 is 0. The van der Waals surface area contributed by atoms with Crippen molar-refractivity contribution in [2.24, 2.45) is 0 Å². The van der Waals surface area contributed by atoms with Crippen molar-refractivity contribution in [3.63, 3.8) is 0 Å². The molecule has 1 saturated heterocycles. The molecular weight excluding hydrogens is 232 g/mol. The Morgan fingerprint density at radius 3 is 2.56 bits per heavy atom. The monoisotopic (exact) mass is 258 g/mol. The van der Waals surface area contributed by atoms with E-state index in [0.717, 1.165) is 45.4 Å². The Morgan fingerprint density at radius 2 is 2.06 bits per heavy atom. The number of rotatable bonds is 7. The third-order valence-corrected chi connectivity index (χ3v) is 3.44. The summed E-state index contributed by atoms with van der Waals surface area (Å²) in [4.78, 5) is 14.0. The van der Waals surface area contributed by atoms with Gasteiger partial charge in [-0.3, -0.25) is 4.79 Å². The molecule has 1 heterocycles. The quantitative estimate of drug-likeness (QED) is 0.679. The van der Waals surface area contributed by atoms with Gasteiger partial charge < -0.3 is 19.7 Å². The van der Waals surface area contributed by atoms with Gasteiger partial charge in [-0.25, -0.2) is 0 Å². The molecule has 0 aromatic carbocycles. The molecule has 0 radical (unpaired) electrons. The standard InChI is InChI=1S/C13H26N2O3/c1-4-7-14-12(13(16)18-3)10-15-8-5-11(17-2)6-9-15/h11-12,14H,4-10H2,1-3H3. The first kappa shape index (κ1) is 15.4. The maximum absolute atomic E-state index is 11.7. The molecule has 0 spiro atoms. The molecule has 0 amide bonds. The van der Waals surface area contributed by atoms with Crippen LogP contribution in [0, 0.1) is 0 Å². The summed E-state index contributed by atoms with van der Waals surface area (Å²) in [6.07, 6.45) is 3.47. The third-order valence-electron chi connectivity index (χ3n) is 3.44. The number of hydrogen-bond acceptors (Lipinski definition) is 5. The van der Waals surface area contributed by atoms with Gasteiger partial charge in [-0.1, -0.05) is 6.92 Å². The molecule has 106 valence electrons. The third kappa shape index (κ3) is 4.92. The molecular formula is C13H26N2O3. The molecule has 5 nitrogen and oxygen atoms in total. The van der Waals surface area contributed by atoms with E-state index in [1.54, 1.807) is 7.11 Å². The Labute approximate surface area is 110 Å². The number of ether oxygens (including phenoxy) is 2. The van der Waals surface area contributed by atoms with Crippen LogP contribution in [-0.2, 0) is 14.3 Å². The van der Waals surface area contributed by atoms with Crippen LogP contribution in [0.25, 0.3) is 0 Å². The summed E-state index contributed by atoms with van der Waals surface area (Å²) in [5, 5.41) is 3.25. The summed E-state index contributed by atoms with van der Waals surface area (Å²) in [7, 11) is 3.21. The number of likely N-dealkylation sites (tertiary alicyclic amines) is 1. The van der Waals surface area contributed by atoms with Crippen LogP contribution in [0.3, 0.4) is 0 Å². The highest BCUT2D eigenvalue weighted by atomic mass is 16.5. The Balaban J connectivity index is 2.38. The lowest BCUT2D eigenvalue weighted by Crippen LogP contribution is -2.49. The second kappa shape index (κ2) is 8.45. The Hall–Kier alpha value is -0.650. The second-order valence-electron chi connectivity index (χ2n) is 4.77. The SMILES string of the molecule is CCCNC(CN1CCC(OC)CC1)C(=O)OC. The lowest BCUT2D eigenvalue weighted by Gasteiger charge is -2.33. The van der Waals surface area contributed by atoms with Crippen molar-refractivity contribution in [3.05, 3.63) is 0 Å². The van der Waals surface area contributed by atoms with Gasteiger partial charge in [0.2, 0.25) is 0 Å². The van der Waals surface area contributed by atoms with E-state index in [1.165, 1.54) is 7.11 Å². The summed E-state index contributed by atoms with van der Waals surface area (Å²) < 4.78 is 10.2. The fourth-order valence-corrected chi connectivity index (χ4v) is 2.27. The maximum Gasteiger partial charge on any atom is 0.324 e. The summed E-state index contributed by atoms with van der Waals surface area (Å²) in [6.45, 7) is 5.63. The molecule has 1 rings (SSSR count). The highest BCUT2D eigenvalue weighted by Crippen LogP contribution is 2.13. The predicted molar refractivity (Wildman–Crippen MR) is 70.6 cm³/mol. The van der Waals surface area contributed by atoms with Gasteiger partial charge in [0.05, 0.1) is 13.2 Å². The molecule has 0 aromatic heterocycles. The fraction of sp³-hybridized carbons (Fsp3) is 0.923. The van der Waals surface area contributed by atoms with E-state index >= 15 is 0 Å². The van der Waals surface area contributed by atoms with Crippen molar-refractivity contribution in [1.29, 1.82) is 0 Å².